The van der Waals surface area contributed by atoms with E-state index in [9.17, 15) is 4.80 Å². The lowest BCUT2D eigenvalue weighted by Gasteiger charge is -2.23. The molecule has 16 heavy (non-hydrogen) atoms. The van der Waals surface area contributed by atoms with Gasteiger partial charge in [-0.05, 0) is 41.9 Å². The Morgan fingerprint density at radius 3 is 2.44 bits per heavy atom. The summed E-state index contributed by atoms with van der Waals surface area (Å²) < 4.78 is 0. The van der Waals surface area contributed by atoms with Crippen LogP contribution in [0.3, 0.4) is 0 Å². The molecule has 0 amide bonds. The molecule has 1 aromatic rings. The lowest BCUT2D eigenvalue weighted by atomic mass is 10.2. The highest BCUT2D eigenvalue weighted by molar-refractivity contribution is 6.71. The van der Waals surface area contributed by atoms with E-state index in [-0.39, 0.29) is 0 Å². The SMILES string of the molecule is CC[Si](O)(CC)Cc1cc(Cl)ccc1NC. The second-order valence-electron chi connectivity index (χ2n) is 4.16. The van der Waals surface area contributed by atoms with Crippen LogP contribution < -0.4 is 5.32 Å². The van der Waals surface area contributed by atoms with Gasteiger partial charge >= 0.3 is 0 Å². The number of rotatable bonds is 5. The summed E-state index contributed by atoms with van der Waals surface area (Å²) in [5, 5.41) is 3.88. The summed E-state index contributed by atoms with van der Waals surface area (Å²) in [6.07, 6.45) is 0. The first-order chi connectivity index (χ1) is 7.54. The van der Waals surface area contributed by atoms with E-state index in [2.05, 4.69) is 19.2 Å². The molecule has 0 unspecified atom stereocenters. The van der Waals surface area contributed by atoms with Gasteiger partial charge < -0.3 is 10.1 Å². The van der Waals surface area contributed by atoms with Crippen molar-refractivity contribution in [2.75, 3.05) is 12.4 Å². The smallest absolute Gasteiger partial charge is 0.192 e. The molecule has 0 saturated carbocycles. The summed E-state index contributed by atoms with van der Waals surface area (Å²) in [6, 6.07) is 8.35. The van der Waals surface area contributed by atoms with Crippen molar-refractivity contribution < 1.29 is 4.80 Å². The normalized spacial score (nSPS) is 11.6. The summed E-state index contributed by atoms with van der Waals surface area (Å²) >= 11 is 6.00. The van der Waals surface area contributed by atoms with E-state index >= 15 is 0 Å². The maximum absolute atomic E-state index is 10.5. The number of halogens is 1. The first kappa shape index (κ1) is 13.6. The number of benzene rings is 1. The van der Waals surface area contributed by atoms with E-state index in [4.69, 9.17) is 11.6 Å². The Morgan fingerprint density at radius 2 is 1.94 bits per heavy atom. The molecule has 90 valence electrons. The van der Waals surface area contributed by atoms with Crippen molar-refractivity contribution in [3.05, 3.63) is 28.8 Å². The molecule has 1 aromatic carbocycles. The van der Waals surface area contributed by atoms with Crippen LogP contribution in [-0.2, 0) is 6.04 Å². The van der Waals surface area contributed by atoms with Gasteiger partial charge in [0, 0.05) is 17.8 Å². The lowest BCUT2D eigenvalue weighted by molar-refractivity contribution is 0.528. The van der Waals surface area contributed by atoms with Crippen molar-refractivity contribution in [3.63, 3.8) is 0 Å². The Hall–Kier alpha value is -0.513. The fraction of sp³-hybridized carbons (Fsp3) is 0.500. The summed E-state index contributed by atoms with van der Waals surface area (Å²) in [7, 11) is -0.213. The van der Waals surface area contributed by atoms with Gasteiger partial charge in [-0.3, -0.25) is 0 Å². The van der Waals surface area contributed by atoms with Crippen molar-refractivity contribution in [1.29, 1.82) is 0 Å². The van der Waals surface area contributed by atoms with Crippen LogP contribution >= 0.6 is 11.6 Å². The minimum Gasteiger partial charge on any atom is -0.431 e. The average molecular weight is 258 g/mol. The molecule has 0 spiro atoms. The van der Waals surface area contributed by atoms with Crippen molar-refractivity contribution in [2.45, 2.75) is 32.0 Å². The van der Waals surface area contributed by atoms with E-state index in [0.29, 0.717) is 0 Å². The molecule has 2 nitrogen and oxygen atoms in total. The summed E-state index contributed by atoms with van der Waals surface area (Å²) in [5.41, 5.74) is 2.20. The minimum atomic E-state index is -2.11. The number of anilines is 1. The van der Waals surface area contributed by atoms with Crippen molar-refractivity contribution in [3.8, 4) is 0 Å². The Labute approximate surface area is 104 Å². The Kier molecular flexibility index (Phi) is 4.83. The monoisotopic (exact) mass is 257 g/mol. The van der Waals surface area contributed by atoms with Gasteiger partial charge in [-0.2, -0.15) is 0 Å². The molecule has 4 heteroatoms. The van der Waals surface area contributed by atoms with Crippen molar-refractivity contribution in [2.24, 2.45) is 0 Å². The zero-order valence-corrected chi connectivity index (χ0v) is 11.9. The average Bonchev–Trinajstić information content (AvgIpc) is 2.29. The zero-order chi connectivity index (χ0) is 12.2. The van der Waals surface area contributed by atoms with Gasteiger partial charge in [0.25, 0.3) is 0 Å². The maximum Gasteiger partial charge on any atom is 0.192 e. The third-order valence-electron chi connectivity index (χ3n) is 3.17. The van der Waals surface area contributed by atoms with Gasteiger partial charge in [0.1, 0.15) is 0 Å². The van der Waals surface area contributed by atoms with Crippen molar-refractivity contribution >= 4 is 25.6 Å². The highest BCUT2D eigenvalue weighted by Gasteiger charge is 2.27. The van der Waals surface area contributed by atoms with Crippen LogP contribution in [0.5, 0.6) is 0 Å². The lowest BCUT2D eigenvalue weighted by Crippen LogP contribution is -2.36. The van der Waals surface area contributed by atoms with Crippen LogP contribution in [0.4, 0.5) is 5.69 Å². The molecule has 0 atom stereocenters. The highest BCUT2D eigenvalue weighted by Crippen LogP contribution is 2.26. The summed E-state index contributed by atoms with van der Waals surface area (Å²) in [5.74, 6) is 0. The van der Waals surface area contributed by atoms with Gasteiger partial charge in [0.2, 0.25) is 0 Å². The molecule has 0 heterocycles. The third kappa shape index (κ3) is 3.24. The predicted octanol–water partition coefficient (Wildman–Crippen LogP) is 3.44. The van der Waals surface area contributed by atoms with Gasteiger partial charge in [0.05, 0.1) is 0 Å². The second-order valence-corrected chi connectivity index (χ2v) is 8.81. The van der Waals surface area contributed by atoms with Crippen LogP contribution in [-0.4, -0.2) is 20.2 Å². The number of hydrogen-bond acceptors (Lipinski definition) is 2. The molecule has 0 aliphatic carbocycles. The molecule has 0 aliphatic heterocycles. The molecule has 0 fully saturated rings. The van der Waals surface area contributed by atoms with E-state index in [1.54, 1.807) is 0 Å². The molecule has 1 rings (SSSR count). The first-order valence-corrected chi connectivity index (χ1v) is 8.68. The molecular formula is C12H20ClNOSi. The molecule has 0 saturated heterocycles. The van der Waals surface area contributed by atoms with Crippen LogP contribution in [0, 0.1) is 0 Å². The van der Waals surface area contributed by atoms with E-state index in [1.165, 1.54) is 0 Å². The fourth-order valence-electron chi connectivity index (χ4n) is 1.81. The Balaban J connectivity index is 2.98. The molecular weight excluding hydrogens is 238 g/mol. The predicted molar refractivity (Wildman–Crippen MR) is 73.6 cm³/mol. The maximum atomic E-state index is 10.5. The van der Waals surface area contributed by atoms with Gasteiger partial charge in [-0.25, -0.2) is 0 Å². The molecule has 0 radical (unpaired) electrons. The number of hydrogen-bond donors (Lipinski definition) is 2. The Bertz CT molecular complexity index is 353. The van der Waals surface area contributed by atoms with Crippen LogP contribution in [0.1, 0.15) is 19.4 Å². The van der Waals surface area contributed by atoms with Gasteiger partial charge in [0.15, 0.2) is 8.32 Å². The zero-order valence-electron chi connectivity index (χ0n) is 10.2. The summed E-state index contributed by atoms with van der Waals surface area (Å²) in [4.78, 5) is 10.5. The van der Waals surface area contributed by atoms with Crippen LogP contribution in [0.25, 0.3) is 0 Å². The standard InChI is InChI=1S/C12H20ClNOSi/c1-4-16(15,5-2)9-10-8-11(13)6-7-12(10)14-3/h6-8,14-15H,4-5,9H2,1-3H3. The largest absolute Gasteiger partial charge is 0.431 e. The second kappa shape index (κ2) is 5.71. The van der Waals surface area contributed by atoms with Crippen LogP contribution in [0.2, 0.25) is 17.1 Å². The number of nitrogens with one attached hydrogen (secondary N) is 1. The fourth-order valence-corrected chi connectivity index (χ4v) is 4.00. The van der Waals surface area contributed by atoms with Gasteiger partial charge in [-0.15, -0.1) is 0 Å². The van der Waals surface area contributed by atoms with E-state index in [1.807, 2.05) is 25.2 Å². The van der Waals surface area contributed by atoms with E-state index < -0.39 is 8.32 Å². The van der Waals surface area contributed by atoms with Gasteiger partial charge in [-0.1, -0.05) is 25.4 Å². The topological polar surface area (TPSA) is 32.3 Å². The van der Waals surface area contributed by atoms with E-state index in [0.717, 1.165) is 34.4 Å². The molecule has 0 aliphatic rings. The quantitative estimate of drug-likeness (QED) is 0.792. The minimum absolute atomic E-state index is 0.734. The molecule has 0 aromatic heterocycles. The molecule has 0 bridgehead atoms. The summed E-state index contributed by atoms with van der Waals surface area (Å²) in [6.45, 7) is 4.14. The Morgan fingerprint density at radius 1 is 1.31 bits per heavy atom. The highest BCUT2D eigenvalue weighted by atomic mass is 35.5. The van der Waals surface area contributed by atoms with Crippen LogP contribution in [0.15, 0.2) is 18.2 Å². The van der Waals surface area contributed by atoms with Crippen molar-refractivity contribution in [1.82, 2.24) is 0 Å². The third-order valence-corrected chi connectivity index (χ3v) is 7.08. The molecule has 2 N–H and O–H groups in total. The first-order valence-electron chi connectivity index (χ1n) is 5.73.